The van der Waals surface area contributed by atoms with E-state index in [0.717, 1.165) is 0 Å². The van der Waals surface area contributed by atoms with E-state index in [-0.39, 0.29) is 24.3 Å². The fraction of sp³-hybridized carbons (Fsp3) is 0.333. The molecule has 1 aliphatic heterocycles. The number of carbonyl (C=O) groups is 2. The largest absolute Gasteiger partial charge is 0.481 e. The first kappa shape index (κ1) is 11.6. The number of aliphatic carboxylic acids is 1. The van der Waals surface area contributed by atoms with Gasteiger partial charge in [-0.3, -0.25) is 9.59 Å². The van der Waals surface area contributed by atoms with Gasteiger partial charge in [0.25, 0.3) is 0 Å². The average molecular weight is 237 g/mol. The molecule has 1 saturated heterocycles. The van der Waals surface area contributed by atoms with Crippen molar-refractivity contribution in [2.45, 2.75) is 18.9 Å². The van der Waals surface area contributed by atoms with Gasteiger partial charge in [0.1, 0.15) is 5.82 Å². The highest BCUT2D eigenvalue weighted by Crippen LogP contribution is 2.31. The van der Waals surface area contributed by atoms with Crippen LogP contribution in [0, 0.1) is 11.7 Å². The number of nitrogens with one attached hydrogen (secondary N) is 1. The molecular formula is C12H12FNO3. The molecule has 2 rings (SSSR count). The van der Waals surface area contributed by atoms with Gasteiger partial charge in [-0.1, -0.05) is 18.2 Å². The smallest absolute Gasteiger partial charge is 0.308 e. The number of carboxylic acid groups (broad SMARTS) is 1. The van der Waals surface area contributed by atoms with Crippen LogP contribution < -0.4 is 5.32 Å². The lowest BCUT2D eigenvalue weighted by atomic mass is 9.86. The summed E-state index contributed by atoms with van der Waals surface area (Å²) < 4.78 is 13.6. The second-order valence-corrected chi connectivity index (χ2v) is 4.05. The molecular weight excluding hydrogens is 225 g/mol. The summed E-state index contributed by atoms with van der Waals surface area (Å²) >= 11 is 0. The molecule has 0 unspecified atom stereocenters. The molecule has 17 heavy (non-hydrogen) atoms. The van der Waals surface area contributed by atoms with Crippen molar-refractivity contribution in [3.63, 3.8) is 0 Å². The maximum atomic E-state index is 13.6. The van der Waals surface area contributed by atoms with E-state index in [1.165, 1.54) is 18.2 Å². The van der Waals surface area contributed by atoms with E-state index in [2.05, 4.69) is 5.32 Å². The highest BCUT2D eigenvalue weighted by molar-refractivity contribution is 5.81. The van der Waals surface area contributed by atoms with Crippen molar-refractivity contribution in [3.8, 4) is 0 Å². The fourth-order valence-electron chi connectivity index (χ4n) is 2.09. The van der Waals surface area contributed by atoms with Gasteiger partial charge in [-0.15, -0.1) is 0 Å². The molecule has 0 radical (unpaired) electrons. The van der Waals surface area contributed by atoms with Crippen molar-refractivity contribution in [1.82, 2.24) is 5.32 Å². The summed E-state index contributed by atoms with van der Waals surface area (Å²) in [5.74, 6) is -2.52. The van der Waals surface area contributed by atoms with Crippen molar-refractivity contribution < 1.29 is 19.1 Å². The van der Waals surface area contributed by atoms with Gasteiger partial charge < -0.3 is 10.4 Å². The van der Waals surface area contributed by atoms with Crippen molar-refractivity contribution >= 4 is 11.9 Å². The van der Waals surface area contributed by atoms with E-state index in [0.29, 0.717) is 0 Å². The van der Waals surface area contributed by atoms with Crippen molar-refractivity contribution in [1.29, 1.82) is 0 Å². The Bertz CT molecular complexity index is 461. The SMILES string of the molecule is O=C1CC[C@H](C(=O)O)[C@@H](c2ccccc2F)N1. The summed E-state index contributed by atoms with van der Waals surface area (Å²) in [4.78, 5) is 22.4. The van der Waals surface area contributed by atoms with Crippen LogP contribution in [0.25, 0.3) is 0 Å². The highest BCUT2D eigenvalue weighted by atomic mass is 19.1. The van der Waals surface area contributed by atoms with Gasteiger partial charge in [0, 0.05) is 12.0 Å². The van der Waals surface area contributed by atoms with Crippen LogP contribution in [0.1, 0.15) is 24.4 Å². The van der Waals surface area contributed by atoms with Gasteiger partial charge in [-0.25, -0.2) is 4.39 Å². The Kier molecular flexibility index (Phi) is 3.08. The first-order chi connectivity index (χ1) is 8.09. The number of carbonyl (C=O) groups excluding carboxylic acids is 1. The molecule has 1 amide bonds. The van der Waals surface area contributed by atoms with Gasteiger partial charge in [0.2, 0.25) is 5.91 Å². The summed E-state index contributed by atoms with van der Waals surface area (Å²) in [6, 6.07) is 5.13. The first-order valence-electron chi connectivity index (χ1n) is 5.36. The summed E-state index contributed by atoms with van der Waals surface area (Å²) in [6.45, 7) is 0. The Hall–Kier alpha value is -1.91. The molecule has 2 N–H and O–H groups in total. The predicted molar refractivity (Wildman–Crippen MR) is 57.6 cm³/mol. The van der Waals surface area contributed by atoms with Crippen LogP contribution in [0.3, 0.4) is 0 Å². The number of carboxylic acids is 1. The number of halogens is 1. The third-order valence-corrected chi connectivity index (χ3v) is 2.96. The van der Waals surface area contributed by atoms with Gasteiger partial charge in [-0.05, 0) is 12.5 Å². The van der Waals surface area contributed by atoms with Crippen LogP contribution in [0.5, 0.6) is 0 Å². The monoisotopic (exact) mass is 237 g/mol. The zero-order chi connectivity index (χ0) is 12.4. The Balaban J connectivity index is 2.35. The standard InChI is InChI=1S/C12H12FNO3/c13-9-4-2-1-3-7(9)11-8(12(16)17)5-6-10(15)14-11/h1-4,8,11H,5-6H2,(H,14,15)(H,16,17)/t8-,11+/m0/s1. The molecule has 4 nitrogen and oxygen atoms in total. The number of benzene rings is 1. The molecule has 1 fully saturated rings. The van der Waals surface area contributed by atoms with E-state index < -0.39 is 23.7 Å². The Morgan fingerprint density at radius 3 is 2.76 bits per heavy atom. The number of rotatable bonds is 2. The third kappa shape index (κ3) is 2.27. The number of piperidine rings is 1. The molecule has 1 aliphatic rings. The molecule has 0 aromatic heterocycles. The fourth-order valence-corrected chi connectivity index (χ4v) is 2.09. The van der Waals surface area contributed by atoms with Crippen LogP contribution >= 0.6 is 0 Å². The lowest BCUT2D eigenvalue weighted by Gasteiger charge is -2.29. The van der Waals surface area contributed by atoms with E-state index in [9.17, 15) is 14.0 Å². The zero-order valence-corrected chi connectivity index (χ0v) is 9.02. The van der Waals surface area contributed by atoms with Crippen LogP contribution in [-0.4, -0.2) is 17.0 Å². The van der Waals surface area contributed by atoms with Crippen molar-refractivity contribution in [2.75, 3.05) is 0 Å². The van der Waals surface area contributed by atoms with E-state index >= 15 is 0 Å². The van der Waals surface area contributed by atoms with Gasteiger partial charge in [0.15, 0.2) is 0 Å². The van der Waals surface area contributed by atoms with Crippen molar-refractivity contribution in [2.24, 2.45) is 5.92 Å². The molecule has 0 saturated carbocycles. The molecule has 1 aromatic rings. The summed E-state index contributed by atoms with van der Waals surface area (Å²) in [5.41, 5.74) is 0.230. The minimum atomic E-state index is -1.02. The Morgan fingerprint density at radius 1 is 1.41 bits per heavy atom. The molecule has 1 heterocycles. The average Bonchev–Trinajstić information content (AvgIpc) is 2.29. The molecule has 0 bridgehead atoms. The van der Waals surface area contributed by atoms with Crippen LogP contribution in [-0.2, 0) is 9.59 Å². The summed E-state index contributed by atoms with van der Waals surface area (Å²) in [6.07, 6.45) is 0.405. The Morgan fingerprint density at radius 2 is 2.12 bits per heavy atom. The minimum Gasteiger partial charge on any atom is -0.481 e. The van der Waals surface area contributed by atoms with E-state index in [4.69, 9.17) is 5.11 Å². The number of hydrogen-bond donors (Lipinski definition) is 2. The minimum absolute atomic E-state index is 0.169. The zero-order valence-electron chi connectivity index (χ0n) is 9.02. The normalized spacial score (nSPS) is 24.2. The third-order valence-electron chi connectivity index (χ3n) is 2.96. The lowest BCUT2D eigenvalue weighted by molar-refractivity contribution is -0.145. The first-order valence-corrected chi connectivity index (χ1v) is 5.36. The molecule has 5 heteroatoms. The lowest BCUT2D eigenvalue weighted by Crippen LogP contribution is -2.42. The number of amides is 1. The molecule has 2 atom stereocenters. The quantitative estimate of drug-likeness (QED) is 0.818. The maximum Gasteiger partial charge on any atom is 0.308 e. The predicted octanol–water partition coefficient (Wildman–Crippen LogP) is 1.48. The molecule has 1 aromatic carbocycles. The van der Waals surface area contributed by atoms with Gasteiger partial charge in [-0.2, -0.15) is 0 Å². The van der Waals surface area contributed by atoms with E-state index in [1.807, 2.05) is 0 Å². The summed E-state index contributed by atoms with van der Waals surface area (Å²) in [5, 5.41) is 11.6. The second-order valence-electron chi connectivity index (χ2n) is 4.05. The van der Waals surface area contributed by atoms with Gasteiger partial charge >= 0.3 is 5.97 Å². The molecule has 0 aliphatic carbocycles. The molecule has 0 spiro atoms. The van der Waals surface area contributed by atoms with Crippen LogP contribution in [0.15, 0.2) is 24.3 Å². The highest BCUT2D eigenvalue weighted by Gasteiger charge is 2.35. The van der Waals surface area contributed by atoms with Crippen LogP contribution in [0.4, 0.5) is 4.39 Å². The van der Waals surface area contributed by atoms with E-state index in [1.54, 1.807) is 6.07 Å². The second kappa shape index (κ2) is 4.53. The maximum absolute atomic E-state index is 13.6. The number of hydrogen-bond acceptors (Lipinski definition) is 2. The van der Waals surface area contributed by atoms with Crippen LogP contribution in [0.2, 0.25) is 0 Å². The summed E-state index contributed by atoms with van der Waals surface area (Å²) in [7, 11) is 0. The Labute approximate surface area is 97.4 Å². The topological polar surface area (TPSA) is 66.4 Å². The van der Waals surface area contributed by atoms with Crippen molar-refractivity contribution in [3.05, 3.63) is 35.6 Å². The molecule has 90 valence electrons. The van der Waals surface area contributed by atoms with Gasteiger partial charge in [0.05, 0.1) is 12.0 Å².